The van der Waals surface area contributed by atoms with E-state index in [9.17, 15) is 9.18 Å². The summed E-state index contributed by atoms with van der Waals surface area (Å²) in [4.78, 5) is 11.9. The Labute approximate surface area is 120 Å². The second-order valence-corrected chi connectivity index (χ2v) is 5.63. The number of nitrogens with two attached hydrogens (primary N) is 1. The van der Waals surface area contributed by atoms with Crippen molar-refractivity contribution < 1.29 is 9.18 Å². The van der Waals surface area contributed by atoms with Gasteiger partial charge in [-0.15, -0.1) is 0 Å². The summed E-state index contributed by atoms with van der Waals surface area (Å²) in [6.07, 6.45) is 2.19. The van der Waals surface area contributed by atoms with Crippen molar-refractivity contribution in [2.24, 2.45) is 17.6 Å². The largest absolute Gasteiger partial charge is 0.330 e. The van der Waals surface area contributed by atoms with Crippen LogP contribution in [-0.4, -0.2) is 12.5 Å². The summed E-state index contributed by atoms with van der Waals surface area (Å²) in [5.41, 5.74) is 7.01. The molecule has 1 aromatic carbocycles. The maximum absolute atomic E-state index is 13.2. The monoisotopic (exact) mass is 280 g/mol. The highest BCUT2D eigenvalue weighted by atomic mass is 19.1. The first kappa shape index (κ1) is 16.6. The molecule has 0 fully saturated rings. The van der Waals surface area contributed by atoms with Crippen LogP contribution in [0.2, 0.25) is 0 Å². The topological polar surface area (TPSA) is 55.1 Å². The summed E-state index contributed by atoms with van der Waals surface area (Å²) in [5.74, 6) is 0.567. The molecule has 3 nitrogen and oxygen atoms in total. The van der Waals surface area contributed by atoms with Crippen LogP contribution in [0.3, 0.4) is 0 Å². The van der Waals surface area contributed by atoms with Crippen molar-refractivity contribution in [3.63, 3.8) is 0 Å². The van der Waals surface area contributed by atoms with E-state index in [0.29, 0.717) is 30.5 Å². The number of nitrogens with one attached hydrogen (secondary N) is 1. The zero-order valence-corrected chi connectivity index (χ0v) is 12.6. The molecule has 3 N–H and O–H groups in total. The highest BCUT2D eigenvalue weighted by Crippen LogP contribution is 2.21. The Morgan fingerprint density at radius 3 is 2.65 bits per heavy atom. The third-order valence-electron chi connectivity index (χ3n) is 3.70. The van der Waals surface area contributed by atoms with Crippen molar-refractivity contribution in [1.29, 1.82) is 0 Å². The van der Waals surface area contributed by atoms with Crippen molar-refractivity contribution in [2.75, 3.05) is 11.9 Å². The summed E-state index contributed by atoms with van der Waals surface area (Å²) in [6, 6.07) is 4.41. The van der Waals surface area contributed by atoms with Gasteiger partial charge in [0.15, 0.2) is 0 Å². The summed E-state index contributed by atoms with van der Waals surface area (Å²) >= 11 is 0. The van der Waals surface area contributed by atoms with Gasteiger partial charge in [-0.05, 0) is 55.8 Å². The second-order valence-electron chi connectivity index (χ2n) is 5.63. The van der Waals surface area contributed by atoms with Crippen LogP contribution in [0, 0.1) is 24.6 Å². The minimum atomic E-state index is -0.339. The number of hydrogen-bond donors (Lipinski definition) is 2. The van der Waals surface area contributed by atoms with Gasteiger partial charge in [-0.1, -0.05) is 19.9 Å². The van der Waals surface area contributed by atoms with Gasteiger partial charge in [-0.2, -0.15) is 0 Å². The van der Waals surface area contributed by atoms with Gasteiger partial charge in [0.1, 0.15) is 5.82 Å². The molecular weight excluding hydrogens is 255 g/mol. The molecule has 0 radical (unpaired) electrons. The van der Waals surface area contributed by atoms with E-state index in [1.165, 1.54) is 12.1 Å². The summed E-state index contributed by atoms with van der Waals surface area (Å²) in [7, 11) is 0. The molecular formula is C16H25FN2O. The minimum absolute atomic E-state index is 0.0682. The Hall–Kier alpha value is -1.42. The molecule has 4 heteroatoms. The third-order valence-corrected chi connectivity index (χ3v) is 3.70. The third kappa shape index (κ3) is 5.29. The van der Waals surface area contributed by atoms with Crippen molar-refractivity contribution in [3.05, 3.63) is 29.6 Å². The van der Waals surface area contributed by atoms with Crippen LogP contribution < -0.4 is 11.1 Å². The van der Waals surface area contributed by atoms with Gasteiger partial charge in [0, 0.05) is 12.1 Å². The molecule has 1 rings (SSSR count). The van der Waals surface area contributed by atoms with Gasteiger partial charge in [0.25, 0.3) is 0 Å². The predicted octanol–water partition coefficient (Wildman–Crippen LogP) is 3.47. The normalized spacial score (nSPS) is 12.5. The Morgan fingerprint density at radius 2 is 2.05 bits per heavy atom. The van der Waals surface area contributed by atoms with E-state index in [0.717, 1.165) is 18.4 Å². The van der Waals surface area contributed by atoms with Gasteiger partial charge < -0.3 is 11.1 Å². The molecule has 0 aliphatic carbocycles. The lowest BCUT2D eigenvalue weighted by Gasteiger charge is -2.19. The lowest BCUT2D eigenvalue weighted by molar-refractivity contribution is -0.116. The number of benzene rings is 1. The van der Waals surface area contributed by atoms with E-state index in [1.54, 1.807) is 6.07 Å². The minimum Gasteiger partial charge on any atom is -0.330 e. The van der Waals surface area contributed by atoms with E-state index >= 15 is 0 Å². The molecule has 112 valence electrons. The lowest BCUT2D eigenvalue weighted by Crippen LogP contribution is -2.18. The fraction of sp³-hybridized carbons (Fsp3) is 0.562. The number of anilines is 1. The highest BCUT2D eigenvalue weighted by Gasteiger charge is 2.15. The Bertz CT molecular complexity index is 446. The average molecular weight is 280 g/mol. The molecule has 0 aliphatic heterocycles. The van der Waals surface area contributed by atoms with Crippen molar-refractivity contribution in [2.45, 2.75) is 40.0 Å². The molecule has 1 atom stereocenters. The maximum Gasteiger partial charge on any atom is 0.224 e. The summed E-state index contributed by atoms with van der Waals surface area (Å²) in [6.45, 7) is 6.79. The van der Waals surface area contributed by atoms with Gasteiger partial charge in [0.05, 0.1) is 0 Å². The first-order valence-electron chi connectivity index (χ1n) is 7.20. The molecule has 0 spiro atoms. The average Bonchev–Trinajstić information content (AvgIpc) is 2.38. The Balaban J connectivity index is 2.53. The van der Waals surface area contributed by atoms with E-state index in [1.807, 2.05) is 6.92 Å². The molecule has 0 aromatic heterocycles. The van der Waals surface area contributed by atoms with Crippen LogP contribution in [0.25, 0.3) is 0 Å². The zero-order chi connectivity index (χ0) is 15.1. The SMILES string of the molecule is Cc1ccc(F)cc1NC(=O)CCC(CCN)C(C)C. The highest BCUT2D eigenvalue weighted by molar-refractivity contribution is 5.91. The number of aryl methyl sites for hydroxylation is 1. The second kappa shape index (κ2) is 8.00. The van der Waals surface area contributed by atoms with Gasteiger partial charge in [0.2, 0.25) is 5.91 Å². The number of halogens is 1. The fourth-order valence-corrected chi connectivity index (χ4v) is 2.28. The van der Waals surface area contributed by atoms with Crippen LogP contribution in [0.15, 0.2) is 18.2 Å². The van der Waals surface area contributed by atoms with Crippen molar-refractivity contribution >= 4 is 11.6 Å². The Kier molecular flexibility index (Phi) is 6.65. The first-order valence-corrected chi connectivity index (χ1v) is 7.20. The molecule has 0 aliphatic rings. The molecule has 0 saturated heterocycles. The van der Waals surface area contributed by atoms with Crippen LogP contribution in [0.4, 0.5) is 10.1 Å². The number of rotatable bonds is 7. The van der Waals surface area contributed by atoms with Crippen LogP contribution >= 0.6 is 0 Å². The quantitative estimate of drug-likeness (QED) is 0.803. The molecule has 1 unspecified atom stereocenters. The molecule has 1 aromatic rings. The van der Waals surface area contributed by atoms with Crippen molar-refractivity contribution in [3.8, 4) is 0 Å². The van der Waals surface area contributed by atoms with E-state index < -0.39 is 0 Å². The number of amides is 1. The maximum atomic E-state index is 13.2. The molecule has 0 heterocycles. The Morgan fingerprint density at radius 1 is 1.35 bits per heavy atom. The van der Waals surface area contributed by atoms with E-state index in [2.05, 4.69) is 19.2 Å². The number of carbonyl (C=O) groups excluding carboxylic acids is 1. The molecule has 1 amide bonds. The van der Waals surface area contributed by atoms with Crippen LogP contribution in [0.5, 0.6) is 0 Å². The molecule has 20 heavy (non-hydrogen) atoms. The van der Waals surface area contributed by atoms with Gasteiger partial charge in [-0.25, -0.2) is 4.39 Å². The lowest BCUT2D eigenvalue weighted by atomic mass is 9.88. The van der Waals surface area contributed by atoms with Gasteiger partial charge >= 0.3 is 0 Å². The number of hydrogen-bond acceptors (Lipinski definition) is 2. The van der Waals surface area contributed by atoms with Crippen molar-refractivity contribution in [1.82, 2.24) is 0 Å². The van der Waals surface area contributed by atoms with E-state index in [-0.39, 0.29) is 11.7 Å². The predicted molar refractivity (Wildman–Crippen MR) is 81.0 cm³/mol. The summed E-state index contributed by atoms with van der Waals surface area (Å²) < 4.78 is 13.2. The standard InChI is InChI=1S/C16H25FN2O/c1-11(2)13(8-9-18)5-7-16(20)19-15-10-14(17)6-4-12(15)3/h4,6,10-11,13H,5,7-9,18H2,1-3H3,(H,19,20). The zero-order valence-electron chi connectivity index (χ0n) is 12.6. The smallest absolute Gasteiger partial charge is 0.224 e. The summed E-state index contributed by atoms with van der Waals surface area (Å²) in [5, 5.41) is 2.78. The van der Waals surface area contributed by atoms with Gasteiger partial charge in [-0.3, -0.25) is 4.79 Å². The van der Waals surface area contributed by atoms with Crippen LogP contribution in [0.1, 0.15) is 38.7 Å². The number of carbonyl (C=O) groups is 1. The molecule has 0 saturated carbocycles. The van der Waals surface area contributed by atoms with Crippen LogP contribution in [-0.2, 0) is 4.79 Å². The first-order chi connectivity index (χ1) is 9.43. The molecule has 0 bridgehead atoms. The fourth-order valence-electron chi connectivity index (χ4n) is 2.28. The van der Waals surface area contributed by atoms with E-state index in [4.69, 9.17) is 5.73 Å².